The van der Waals surface area contributed by atoms with E-state index < -0.39 is 10.0 Å². The standard InChI is InChI=1S/C18H24N4O3S/c1-14-18(15(2)20-19-14)26(24,25)22-12-10-21(11-13-22)17(23)9-8-16-6-4-3-5-7-16/h3-7H,8-13H2,1-2H3,(H,19,20). The number of benzene rings is 1. The zero-order chi connectivity index (χ0) is 18.7. The number of rotatable bonds is 5. The summed E-state index contributed by atoms with van der Waals surface area (Å²) in [4.78, 5) is 14.4. The van der Waals surface area contributed by atoms with Crippen molar-refractivity contribution in [1.82, 2.24) is 19.4 Å². The van der Waals surface area contributed by atoms with E-state index in [4.69, 9.17) is 0 Å². The zero-order valence-electron chi connectivity index (χ0n) is 15.1. The number of aromatic amines is 1. The van der Waals surface area contributed by atoms with Gasteiger partial charge in [-0.25, -0.2) is 8.42 Å². The van der Waals surface area contributed by atoms with Crippen LogP contribution < -0.4 is 0 Å². The fourth-order valence-corrected chi connectivity index (χ4v) is 5.04. The van der Waals surface area contributed by atoms with Gasteiger partial charge in [-0.05, 0) is 25.8 Å². The van der Waals surface area contributed by atoms with Crippen LogP contribution in [0.3, 0.4) is 0 Å². The Kier molecular flexibility index (Phi) is 5.43. The summed E-state index contributed by atoms with van der Waals surface area (Å²) in [5.74, 6) is 0.0709. The van der Waals surface area contributed by atoms with Gasteiger partial charge in [0.1, 0.15) is 4.90 Å². The predicted molar refractivity (Wildman–Crippen MR) is 98.2 cm³/mol. The van der Waals surface area contributed by atoms with Gasteiger partial charge in [0.05, 0.1) is 11.4 Å². The first kappa shape index (κ1) is 18.6. The minimum atomic E-state index is -3.58. The van der Waals surface area contributed by atoms with Crippen molar-refractivity contribution >= 4 is 15.9 Å². The van der Waals surface area contributed by atoms with E-state index in [-0.39, 0.29) is 10.8 Å². The van der Waals surface area contributed by atoms with Gasteiger partial charge in [-0.3, -0.25) is 9.89 Å². The Hall–Kier alpha value is -2.19. The Bertz CT molecular complexity index is 850. The molecule has 1 aliphatic rings. The van der Waals surface area contributed by atoms with Gasteiger partial charge in [-0.2, -0.15) is 9.40 Å². The number of nitrogens with one attached hydrogen (secondary N) is 1. The maximum Gasteiger partial charge on any atom is 0.246 e. The van der Waals surface area contributed by atoms with Crippen molar-refractivity contribution in [2.75, 3.05) is 26.2 Å². The van der Waals surface area contributed by atoms with Crippen molar-refractivity contribution in [2.45, 2.75) is 31.6 Å². The molecule has 1 N–H and O–H groups in total. The van der Waals surface area contributed by atoms with Crippen LogP contribution >= 0.6 is 0 Å². The Morgan fingerprint density at radius 1 is 1.12 bits per heavy atom. The Labute approximate surface area is 154 Å². The first-order chi connectivity index (χ1) is 12.4. The summed E-state index contributed by atoms with van der Waals surface area (Å²) in [6, 6.07) is 9.89. The largest absolute Gasteiger partial charge is 0.340 e. The molecular formula is C18H24N4O3S. The van der Waals surface area contributed by atoms with Gasteiger partial charge in [0.15, 0.2) is 0 Å². The van der Waals surface area contributed by atoms with Crippen LogP contribution in [-0.4, -0.2) is 59.9 Å². The lowest BCUT2D eigenvalue weighted by atomic mass is 10.1. The third kappa shape index (κ3) is 3.81. The molecule has 0 aliphatic carbocycles. The minimum Gasteiger partial charge on any atom is -0.340 e. The van der Waals surface area contributed by atoms with Crippen LogP contribution in [0.4, 0.5) is 0 Å². The van der Waals surface area contributed by atoms with E-state index in [1.165, 1.54) is 4.31 Å². The molecule has 0 saturated carbocycles. The number of amides is 1. The van der Waals surface area contributed by atoms with Gasteiger partial charge in [0.25, 0.3) is 0 Å². The number of carbonyl (C=O) groups is 1. The maximum absolute atomic E-state index is 12.8. The lowest BCUT2D eigenvalue weighted by Crippen LogP contribution is -2.50. The maximum atomic E-state index is 12.8. The number of aromatic nitrogens is 2. The quantitative estimate of drug-likeness (QED) is 0.857. The zero-order valence-corrected chi connectivity index (χ0v) is 15.9. The normalized spacial score (nSPS) is 16.0. The number of nitrogens with zero attached hydrogens (tertiary/aromatic N) is 3. The highest BCUT2D eigenvalue weighted by Crippen LogP contribution is 2.22. The summed E-state index contributed by atoms with van der Waals surface area (Å²) in [6.07, 6.45) is 1.14. The van der Waals surface area contributed by atoms with Crippen LogP contribution in [0.5, 0.6) is 0 Å². The smallest absolute Gasteiger partial charge is 0.246 e. The summed E-state index contributed by atoms with van der Waals surface area (Å²) in [5.41, 5.74) is 2.15. The molecule has 1 fully saturated rings. The van der Waals surface area contributed by atoms with E-state index in [1.54, 1.807) is 18.7 Å². The number of H-pyrrole nitrogens is 1. The molecule has 0 unspecified atom stereocenters. The molecule has 0 radical (unpaired) electrons. The second kappa shape index (κ2) is 7.59. The SMILES string of the molecule is Cc1n[nH]c(C)c1S(=O)(=O)N1CCN(C(=O)CCc2ccccc2)CC1. The molecule has 0 spiro atoms. The van der Waals surface area contributed by atoms with Gasteiger partial charge in [0, 0.05) is 32.6 Å². The van der Waals surface area contributed by atoms with Gasteiger partial charge < -0.3 is 4.90 Å². The fourth-order valence-electron chi connectivity index (χ4n) is 3.28. The summed E-state index contributed by atoms with van der Waals surface area (Å²) in [7, 11) is -3.58. The average Bonchev–Trinajstić information content (AvgIpc) is 2.99. The van der Waals surface area contributed by atoms with Crippen molar-refractivity contribution in [2.24, 2.45) is 0 Å². The highest BCUT2D eigenvalue weighted by Gasteiger charge is 2.33. The van der Waals surface area contributed by atoms with E-state index in [1.807, 2.05) is 30.3 Å². The number of sulfonamides is 1. The molecule has 8 heteroatoms. The van der Waals surface area contributed by atoms with Crippen LogP contribution in [0.1, 0.15) is 23.4 Å². The van der Waals surface area contributed by atoms with Gasteiger partial charge in [-0.1, -0.05) is 30.3 Å². The van der Waals surface area contributed by atoms with E-state index in [0.717, 1.165) is 5.56 Å². The molecule has 1 aromatic carbocycles. The number of aryl methyl sites for hydroxylation is 3. The van der Waals surface area contributed by atoms with Crippen LogP contribution in [0.2, 0.25) is 0 Å². The van der Waals surface area contributed by atoms with E-state index in [9.17, 15) is 13.2 Å². The van der Waals surface area contributed by atoms with Gasteiger partial charge >= 0.3 is 0 Å². The first-order valence-corrected chi connectivity index (χ1v) is 10.2. The predicted octanol–water partition coefficient (Wildman–Crippen LogP) is 1.49. The van der Waals surface area contributed by atoms with Crippen LogP contribution in [0.25, 0.3) is 0 Å². The summed E-state index contributed by atoms with van der Waals surface area (Å²) in [6.45, 7) is 4.84. The molecule has 1 amide bonds. The Morgan fingerprint density at radius 3 is 2.35 bits per heavy atom. The Morgan fingerprint density at radius 2 is 1.77 bits per heavy atom. The molecule has 140 valence electrons. The topological polar surface area (TPSA) is 86.4 Å². The molecule has 1 aromatic heterocycles. The van der Waals surface area contributed by atoms with Gasteiger partial charge in [0.2, 0.25) is 15.9 Å². The summed E-state index contributed by atoms with van der Waals surface area (Å²) in [5, 5.41) is 6.70. The number of piperazine rings is 1. The number of hydrogen-bond donors (Lipinski definition) is 1. The minimum absolute atomic E-state index is 0.0709. The van der Waals surface area contributed by atoms with Crippen LogP contribution in [0, 0.1) is 13.8 Å². The fraction of sp³-hybridized carbons (Fsp3) is 0.444. The molecule has 3 rings (SSSR count). The lowest BCUT2D eigenvalue weighted by Gasteiger charge is -2.34. The highest BCUT2D eigenvalue weighted by atomic mass is 32.2. The molecule has 0 atom stereocenters. The molecule has 1 saturated heterocycles. The van der Waals surface area contributed by atoms with Gasteiger partial charge in [-0.15, -0.1) is 0 Å². The molecule has 7 nitrogen and oxygen atoms in total. The van der Waals surface area contributed by atoms with E-state index >= 15 is 0 Å². The van der Waals surface area contributed by atoms with E-state index in [2.05, 4.69) is 10.2 Å². The number of hydrogen-bond acceptors (Lipinski definition) is 4. The van der Waals surface area contributed by atoms with Crippen LogP contribution in [0.15, 0.2) is 35.2 Å². The average molecular weight is 376 g/mol. The second-order valence-electron chi connectivity index (χ2n) is 6.53. The van der Waals surface area contributed by atoms with Crippen molar-refractivity contribution in [3.05, 3.63) is 47.3 Å². The lowest BCUT2D eigenvalue weighted by molar-refractivity contribution is -0.132. The number of carbonyl (C=O) groups excluding carboxylic acids is 1. The summed E-state index contributed by atoms with van der Waals surface area (Å²) < 4.78 is 27.1. The molecule has 2 heterocycles. The Balaban J connectivity index is 1.58. The monoisotopic (exact) mass is 376 g/mol. The molecular weight excluding hydrogens is 352 g/mol. The molecule has 26 heavy (non-hydrogen) atoms. The summed E-state index contributed by atoms with van der Waals surface area (Å²) >= 11 is 0. The third-order valence-corrected chi connectivity index (χ3v) is 6.88. The molecule has 1 aliphatic heterocycles. The van der Waals surface area contributed by atoms with Crippen molar-refractivity contribution < 1.29 is 13.2 Å². The van der Waals surface area contributed by atoms with Crippen molar-refractivity contribution in [1.29, 1.82) is 0 Å². The molecule has 2 aromatic rings. The highest BCUT2D eigenvalue weighted by molar-refractivity contribution is 7.89. The van der Waals surface area contributed by atoms with Crippen molar-refractivity contribution in [3.8, 4) is 0 Å². The first-order valence-electron chi connectivity index (χ1n) is 8.73. The second-order valence-corrected chi connectivity index (χ2v) is 8.41. The molecule has 0 bridgehead atoms. The van der Waals surface area contributed by atoms with Crippen molar-refractivity contribution in [3.63, 3.8) is 0 Å². The third-order valence-electron chi connectivity index (χ3n) is 4.72. The van der Waals surface area contributed by atoms with E-state index in [0.29, 0.717) is 50.4 Å². The van der Waals surface area contributed by atoms with Crippen LogP contribution in [-0.2, 0) is 21.2 Å².